The average molecular weight is 311 g/mol. The van der Waals surface area contributed by atoms with Gasteiger partial charge in [-0.15, -0.1) is 0 Å². The fraction of sp³-hybridized carbons (Fsp3) is 0.500. The molecule has 21 heavy (non-hydrogen) atoms. The highest BCUT2D eigenvalue weighted by Crippen LogP contribution is 2.24. The minimum atomic E-state index is -3.56. The normalized spacial score (nSPS) is 17.0. The number of piperazine rings is 1. The average Bonchev–Trinajstić information content (AvgIpc) is 2.44. The number of carbonyl (C=O) groups excluding carboxylic acids is 1. The molecule has 1 aromatic rings. The van der Waals surface area contributed by atoms with Crippen LogP contribution in [0.15, 0.2) is 17.0 Å². The second-order valence-corrected chi connectivity index (χ2v) is 7.30. The SMILES string of the molecule is CC(=O)N1CCN(S(=O)(=O)c2cc(C)c(C)c(N)c2)CC1. The summed E-state index contributed by atoms with van der Waals surface area (Å²) in [6.07, 6.45) is 0. The van der Waals surface area contributed by atoms with Crippen molar-refractivity contribution in [2.24, 2.45) is 0 Å². The number of anilines is 1. The van der Waals surface area contributed by atoms with E-state index in [2.05, 4.69) is 0 Å². The second-order valence-electron chi connectivity index (χ2n) is 5.36. The molecule has 0 aliphatic carbocycles. The first-order valence-corrected chi connectivity index (χ1v) is 8.30. The van der Waals surface area contributed by atoms with Crippen molar-refractivity contribution in [2.45, 2.75) is 25.7 Å². The third-order valence-corrected chi connectivity index (χ3v) is 5.88. The summed E-state index contributed by atoms with van der Waals surface area (Å²) >= 11 is 0. The standard InChI is InChI=1S/C14H21N3O3S/c1-10-8-13(9-14(15)11(10)2)21(19,20)17-6-4-16(5-7-17)12(3)18/h8-9H,4-7,15H2,1-3H3. The number of carbonyl (C=O) groups is 1. The Morgan fingerprint density at radius 2 is 1.71 bits per heavy atom. The number of sulfonamides is 1. The summed E-state index contributed by atoms with van der Waals surface area (Å²) in [4.78, 5) is 13.2. The van der Waals surface area contributed by atoms with Gasteiger partial charge in [0.25, 0.3) is 0 Å². The number of aryl methyl sites for hydroxylation is 1. The predicted octanol–water partition coefficient (Wildman–Crippen LogP) is 0.738. The van der Waals surface area contributed by atoms with Gasteiger partial charge in [-0.05, 0) is 37.1 Å². The molecule has 1 saturated heterocycles. The third-order valence-electron chi connectivity index (χ3n) is 4.00. The van der Waals surface area contributed by atoms with Crippen LogP contribution < -0.4 is 5.73 Å². The molecule has 0 spiro atoms. The molecule has 116 valence electrons. The van der Waals surface area contributed by atoms with Crippen LogP contribution in [0.3, 0.4) is 0 Å². The number of nitrogens with zero attached hydrogens (tertiary/aromatic N) is 2. The Morgan fingerprint density at radius 1 is 1.14 bits per heavy atom. The van der Waals surface area contributed by atoms with Gasteiger partial charge in [0.2, 0.25) is 15.9 Å². The number of amides is 1. The van der Waals surface area contributed by atoms with Gasteiger partial charge in [-0.25, -0.2) is 8.42 Å². The van der Waals surface area contributed by atoms with Crippen molar-refractivity contribution in [1.29, 1.82) is 0 Å². The molecule has 1 amide bonds. The van der Waals surface area contributed by atoms with Crippen LogP contribution in [0.1, 0.15) is 18.1 Å². The van der Waals surface area contributed by atoms with Crippen LogP contribution in [0.4, 0.5) is 5.69 Å². The van der Waals surface area contributed by atoms with Crippen LogP contribution in [0, 0.1) is 13.8 Å². The van der Waals surface area contributed by atoms with E-state index in [1.807, 2.05) is 13.8 Å². The molecule has 0 bridgehead atoms. The van der Waals surface area contributed by atoms with E-state index in [-0.39, 0.29) is 10.8 Å². The summed E-state index contributed by atoms with van der Waals surface area (Å²) in [6.45, 7) is 6.69. The maximum atomic E-state index is 12.6. The Kier molecular flexibility index (Phi) is 4.25. The number of nitrogens with two attached hydrogens (primary N) is 1. The van der Waals surface area contributed by atoms with Gasteiger partial charge in [-0.3, -0.25) is 4.79 Å². The largest absolute Gasteiger partial charge is 0.398 e. The van der Waals surface area contributed by atoms with Crippen molar-refractivity contribution in [3.8, 4) is 0 Å². The zero-order chi connectivity index (χ0) is 15.8. The molecule has 6 nitrogen and oxygen atoms in total. The zero-order valence-corrected chi connectivity index (χ0v) is 13.4. The summed E-state index contributed by atoms with van der Waals surface area (Å²) in [6, 6.07) is 3.16. The van der Waals surface area contributed by atoms with Crippen molar-refractivity contribution in [1.82, 2.24) is 9.21 Å². The minimum absolute atomic E-state index is 0.0255. The van der Waals surface area contributed by atoms with E-state index in [1.54, 1.807) is 11.0 Å². The summed E-state index contributed by atoms with van der Waals surface area (Å²) in [5.74, 6) is -0.0255. The predicted molar refractivity (Wildman–Crippen MR) is 81.3 cm³/mol. The first-order valence-electron chi connectivity index (χ1n) is 6.86. The lowest BCUT2D eigenvalue weighted by Crippen LogP contribution is -2.49. The van der Waals surface area contributed by atoms with Crippen molar-refractivity contribution < 1.29 is 13.2 Å². The first kappa shape index (κ1) is 15.8. The number of benzene rings is 1. The van der Waals surface area contributed by atoms with Crippen LogP contribution in [-0.2, 0) is 14.8 Å². The van der Waals surface area contributed by atoms with Gasteiger partial charge in [-0.2, -0.15) is 4.31 Å². The van der Waals surface area contributed by atoms with E-state index < -0.39 is 10.0 Å². The Hall–Kier alpha value is -1.60. The van der Waals surface area contributed by atoms with Gasteiger partial charge in [0.1, 0.15) is 0 Å². The van der Waals surface area contributed by atoms with E-state index in [0.29, 0.717) is 31.9 Å². The molecular formula is C14H21N3O3S. The summed E-state index contributed by atoms with van der Waals surface area (Å²) in [5, 5.41) is 0. The molecule has 0 radical (unpaired) electrons. The van der Waals surface area contributed by atoms with Gasteiger partial charge in [0.05, 0.1) is 4.90 Å². The van der Waals surface area contributed by atoms with Crippen LogP contribution in [0.25, 0.3) is 0 Å². The van der Waals surface area contributed by atoms with Crippen LogP contribution in [0.5, 0.6) is 0 Å². The maximum Gasteiger partial charge on any atom is 0.243 e. The quantitative estimate of drug-likeness (QED) is 0.817. The van der Waals surface area contributed by atoms with Crippen molar-refractivity contribution in [3.05, 3.63) is 23.3 Å². The van der Waals surface area contributed by atoms with E-state index in [4.69, 9.17) is 5.73 Å². The highest BCUT2D eigenvalue weighted by Gasteiger charge is 2.29. The van der Waals surface area contributed by atoms with E-state index in [9.17, 15) is 13.2 Å². The number of hydrogen-bond donors (Lipinski definition) is 1. The van der Waals surface area contributed by atoms with E-state index in [0.717, 1.165) is 11.1 Å². The van der Waals surface area contributed by atoms with Crippen molar-refractivity contribution in [2.75, 3.05) is 31.9 Å². The van der Waals surface area contributed by atoms with Crippen LogP contribution >= 0.6 is 0 Å². The Labute approximate surface area is 125 Å². The molecule has 0 atom stereocenters. The van der Waals surface area contributed by atoms with Gasteiger partial charge in [0, 0.05) is 38.8 Å². The summed E-state index contributed by atoms with van der Waals surface area (Å²) in [5.41, 5.74) is 8.11. The lowest BCUT2D eigenvalue weighted by Gasteiger charge is -2.33. The number of nitrogen functional groups attached to an aromatic ring is 1. The number of hydrogen-bond acceptors (Lipinski definition) is 4. The highest BCUT2D eigenvalue weighted by atomic mass is 32.2. The molecule has 2 N–H and O–H groups in total. The molecule has 2 rings (SSSR count). The molecule has 0 unspecified atom stereocenters. The monoisotopic (exact) mass is 311 g/mol. The first-order chi connectivity index (χ1) is 9.73. The molecule has 7 heteroatoms. The molecule has 1 heterocycles. The lowest BCUT2D eigenvalue weighted by atomic mass is 10.1. The summed E-state index contributed by atoms with van der Waals surface area (Å²) in [7, 11) is -3.56. The zero-order valence-electron chi connectivity index (χ0n) is 12.6. The topological polar surface area (TPSA) is 83.7 Å². The molecule has 1 fully saturated rings. The number of rotatable bonds is 2. The molecular weight excluding hydrogens is 290 g/mol. The van der Waals surface area contributed by atoms with E-state index in [1.165, 1.54) is 17.3 Å². The van der Waals surface area contributed by atoms with Gasteiger partial charge >= 0.3 is 0 Å². The Morgan fingerprint density at radius 3 is 2.19 bits per heavy atom. The lowest BCUT2D eigenvalue weighted by molar-refractivity contribution is -0.129. The third kappa shape index (κ3) is 3.03. The molecule has 0 saturated carbocycles. The Balaban J connectivity index is 2.26. The van der Waals surface area contributed by atoms with Crippen LogP contribution in [0.2, 0.25) is 0 Å². The maximum absolute atomic E-state index is 12.6. The minimum Gasteiger partial charge on any atom is -0.398 e. The van der Waals surface area contributed by atoms with Gasteiger partial charge < -0.3 is 10.6 Å². The second kappa shape index (κ2) is 5.65. The Bertz CT molecular complexity index is 639. The highest BCUT2D eigenvalue weighted by molar-refractivity contribution is 7.89. The molecule has 1 aliphatic heterocycles. The fourth-order valence-corrected chi connectivity index (χ4v) is 3.94. The van der Waals surface area contributed by atoms with Crippen molar-refractivity contribution in [3.63, 3.8) is 0 Å². The smallest absolute Gasteiger partial charge is 0.243 e. The molecule has 1 aliphatic rings. The molecule has 0 aromatic heterocycles. The fourth-order valence-electron chi connectivity index (χ4n) is 2.39. The van der Waals surface area contributed by atoms with Crippen LogP contribution in [-0.4, -0.2) is 49.7 Å². The summed E-state index contributed by atoms with van der Waals surface area (Å²) < 4.78 is 26.7. The van der Waals surface area contributed by atoms with E-state index >= 15 is 0 Å². The van der Waals surface area contributed by atoms with Gasteiger partial charge in [0.15, 0.2) is 0 Å². The molecule has 1 aromatic carbocycles. The van der Waals surface area contributed by atoms with Crippen molar-refractivity contribution >= 4 is 21.6 Å². The van der Waals surface area contributed by atoms with Gasteiger partial charge in [-0.1, -0.05) is 0 Å².